The lowest BCUT2D eigenvalue weighted by Crippen LogP contribution is -2.04. The summed E-state index contributed by atoms with van der Waals surface area (Å²) in [4.78, 5) is 8.35. The zero-order chi connectivity index (χ0) is 13.7. The van der Waals surface area contributed by atoms with Crippen molar-refractivity contribution < 1.29 is 4.74 Å². The van der Waals surface area contributed by atoms with Gasteiger partial charge in [0.1, 0.15) is 10.8 Å². The molecule has 0 atom stereocenters. The Morgan fingerprint density at radius 1 is 1.32 bits per heavy atom. The summed E-state index contributed by atoms with van der Waals surface area (Å²) < 4.78 is 6.80. The van der Waals surface area contributed by atoms with E-state index in [0.717, 1.165) is 16.5 Å². The minimum absolute atomic E-state index is 0.358. The van der Waals surface area contributed by atoms with Crippen LogP contribution in [0, 0.1) is 3.57 Å². The summed E-state index contributed by atoms with van der Waals surface area (Å²) in [7, 11) is 0. The van der Waals surface area contributed by atoms with Gasteiger partial charge in [-0.1, -0.05) is 18.5 Å². The van der Waals surface area contributed by atoms with Crippen molar-refractivity contribution in [1.29, 1.82) is 0 Å². The topological polar surface area (TPSA) is 47.0 Å². The van der Waals surface area contributed by atoms with E-state index < -0.39 is 0 Å². The molecule has 0 radical (unpaired) electrons. The normalized spacial score (nSPS) is 10.3. The van der Waals surface area contributed by atoms with Gasteiger partial charge in [0.05, 0.1) is 6.20 Å². The number of nitrogens with one attached hydrogen (secondary N) is 1. The van der Waals surface area contributed by atoms with E-state index >= 15 is 0 Å². The highest BCUT2D eigenvalue weighted by atomic mass is 127. The molecule has 0 bridgehead atoms. The third kappa shape index (κ3) is 4.21. The van der Waals surface area contributed by atoms with Gasteiger partial charge in [-0.3, -0.25) is 0 Å². The van der Waals surface area contributed by atoms with Gasteiger partial charge in [-0.05, 0) is 53.3 Å². The molecule has 19 heavy (non-hydrogen) atoms. The van der Waals surface area contributed by atoms with Crippen molar-refractivity contribution >= 4 is 40.1 Å². The van der Waals surface area contributed by atoms with E-state index in [0.29, 0.717) is 22.6 Å². The molecule has 1 aromatic carbocycles. The van der Waals surface area contributed by atoms with E-state index in [9.17, 15) is 0 Å². The lowest BCUT2D eigenvalue weighted by atomic mass is 10.3. The van der Waals surface area contributed by atoms with Crippen molar-refractivity contribution in [2.45, 2.75) is 13.3 Å². The van der Waals surface area contributed by atoms with Crippen LogP contribution in [0.3, 0.4) is 0 Å². The molecule has 0 aliphatic heterocycles. The van der Waals surface area contributed by atoms with Gasteiger partial charge in [-0.2, -0.15) is 4.98 Å². The number of halogens is 2. The Bertz CT molecular complexity index is 548. The number of hydrogen-bond acceptors (Lipinski definition) is 4. The van der Waals surface area contributed by atoms with Crippen molar-refractivity contribution in [3.05, 3.63) is 39.1 Å². The third-order valence-electron chi connectivity index (χ3n) is 2.27. The molecule has 100 valence electrons. The fraction of sp³-hybridized carbons (Fsp3) is 0.231. The molecule has 0 amide bonds. The number of aromatic nitrogens is 2. The minimum atomic E-state index is 0.358. The van der Waals surface area contributed by atoms with Crippen LogP contribution in [-0.4, -0.2) is 16.5 Å². The van der Waals surface area contributed by atoms with E-state index in [1.54, 1.807) is 0 Å². The first-order chi connectivity index (χ1) is 9.19. The molecule has 2 aromatic rings. The number of benzene rings is 1. The van der Waals surface area contributed by atoms with E-state index in [4.69, 9.17) is 16.3 Å². The number of anilines is 1. The molecular weight excluding hydrogens is 377 g/mol. The molecule has 0 saturated heterocycles. The average Bonchev–Trinajstić information content (AvgIpc) is 2.42. The Kier molecular flexibility index (Phi) is 5.21. The summed E-state index contributed by atoms with van der Waals surface area (Å²) in [6, 6.07) is 7.67. The molecule has 0 aliphatic rings. The van der Waals surface area contributed by atoms with E-state index in [-0.39, 0.29) is 0 Å². The van der Waals surface area contributed by atoms with Gasteiger partial charge in [-0.25, -0.2) is 4.98 Å². The molecule has 4 nitrogen and oxygen atoms in total. The van der Waals surface area contributed by atoms with Crippen molar-refractivity contribution in [2.75, 3.05) is 11.9 Å². The molecule has 1 heterocycles. The maximum Gasteiger partial charge on any atom is 0.243 e. The van der Waals surface area contributed by atoms with Gasteiger partial charge >= 0.3 is 0 Å². The Hall–Kier alpha value is -1.08. The summed E-state index contributed by atoms with van der Waals surface area (Å²) in [5.74, 6) is 1.57. The molecule has 0 unspecified atom stereocenters. The van der Waals surface area contributed by atoms with Crippen molar-refractivity contribution in [3.8, 4) is 11.6 Å². The maximum atomic E-state index is 6.03. The molecule has 0 spiro atoms. The van der Waals surface area contributed by atoms with Crippen molar-refractivity contribution in [1.82, 2.24) is 9.97 Å². The average molecular weight is 390 g/mol. The fourth-order valence-electron chi connectivity index (χ4n) is 1.36. The van der Waals surface area contributed by atoms with Crippen molar-refractivity contribution in [2.24, 2.45) is 0 Å². The van der Waals surface area contributed by atoms with Crippen molar-refractivity contribution in [3.63, 3.8) is 0 Å². The highest BCUT2D eigenvalue weighted by Crippen LogP contribution is 2.27. The van der Waals surface area contributed by atoms with Gasteiger partial charge in [0, 0.05) is 10.1 Å². The predicted molar refractivity (Wildman–Crippen MR) is 85.1 cm³/mol. The first kappa shape index (κ1) is 14.3. The Balaban J connectivity index is 2.16. The molecule has 1 aromatic heterocycles. The predicted octanol–water partition coefficient (Wildman–Crippen LogP) is 4.35. The zero-order valence-corrected chi connectivity index (χ0v) is 13.3. The Morgan fingerprint density at radius 3 is 2.74 bits per heavy atom. The van der Waals surface area contributed by atoms with Gasteiger partial charge in [0.25, 0.3) is 0 Å². The zero-order valence-electron chi connectivity index (χ0n) is 10.4. The quantitative estimate of drug-likeness (QED) is 0.772. The van der Waals surface area contributed by atoms with Crippen LogP contribution < -0.4 is 10.1 Å². The Morgan fingerprint density at radius 2 is 2.05 bits per heavy atom. The molecule has 0 aliphatic carbocycles. The monoisotopic (exact) mass is 389 g/mol. The summed E-state index contributed by atoms with van der Waals surface area (Å²) in [5, 5.41) is 3.48. The smallest absolute Gasteiger partial charge is 0.243 e. The van der Waals surface area contributed by atoms with Crippen LogP contribution in [0.2, 0.25) is 5.02 Å². The molecule has 6 heteroatoms. The summed E-state index contributed by atoms with van der Waals surface area (Å²) >= 11 is 8.27. The summed E-state index contributed by atoms with van der Waals surface area (Å²) in [6.45, 7) is 2.89. The minimum Gasteiger partial charge on any atom is -0.437 e. The lowest BCUT2D eigenvalue weighted by Gasteiger charge is -2.08. The molecule has 0 saturated carbocycles. The van der Waals surface area contributed by atoms with Gasteiger partial charge < -0.3 is 10.1 Å². The van der Waals surface area contributed by atoms with Crippen LogP contribution in [0.1, 0.15) is 13.3 Å². The third-order valence-corrected chi connectivity index (χ3v) is 3.25. The fourth-order valence-corrected chi connectivity index (χ4v) is 1.85. The van der Waals surface area contributed by atoms with E-state index in [2.05, 4.69) is 44.8 Å². The number of nitrogens with zero attached hydrogens (tertiary/aromatic N) is 2. The second-order valence-electron chi connectivity index (χ2n) is 3.83. The first-order valence-corrected chi connectivity index (χ1v) is 7.34. The van der Waals surface area contributed by atoms with Crippen LogP contribution in [0.5, 0.6) is 11.6 Å². The van der Waals surface area contributed by atoms with Gasteiger partial charge in [0.2, 0.25) is 11.8 Å². The summed E-state index contributed by atoms with van der Waals surface area (Å²) in [5.41, 5.74) is 0. The van der Waals surface area contributed by atoms with Gasteiger partial charge in [-0.15, -0.1) is 0 Å². The van der Waals surface area contributed by atoms with Crippen LogP contribution in [0.25, 0.3) is 0 Å². The van der Waals surface area contributed by atoms with Crippen LogP contribution in [0.15, 0.2) is 30.5 Å². The Labute approximate surface area is 130 Å². The second kappa shape index (κ2) is 6.91. The van der Waals surface area contributed by atoms with Gasteiger partial charge in [0.15, 0.2) is 0 Å². The lowest BCUT2D eigenvalue weighted by molar-refractivity contribution is 0.462. The van der Waals surface area contributed by atoms with Crippen LogP contribution in [0.4, 0.5) is 5.95 Å². The number of rotatable bonds is 5. The standard InChI is InChI=1S/C13H13ClIN3O/c1-2-7-16-13-17-8-11(14)12(18-13)19-10-5-3-9(15)4-6-10/h3-6,8H,2,7H2,1H3,(H,16,17,18). The molecular formula is C13H13ClIN3O. The second-order valence-corrected chi connectivity index (χ2v) is 5.48. The number of hydrogen-bond donors (Lipinski definition) is 1. The van der Waals surface area contributed by atoms with E-state index in [1.807, 2.05) is 24.3 Å². The first-order valence-electron chi connectivity index (χ1n) is 5.89. The molecule has 1 N–H and O–H groups in total. The molecule has 0 fully saturated rings. The highest BCUT2D eigenvalue weighted by Gasteiger charge is 2.07. The van der Waals surface area contributed by atoms with Crippen LogP contribution in [-0.2, 0) is 0 Å². The van der Waals surface area contributed by atoms with Crippen LogP contribution >= 0.6 is 34.2 Å². The maximum absolute atomic E-state index is 6.03. The summed E-state index contributed by atoms with van der Waals surface area (Å²) in [6.07, 6.45) is 2.54. The number of ether oxygens (including phenoxy) is 1. The SMILES string of the molecule is CCCNc1ncc(Cl)c(Oc2ccc(I)cc2)n1. The highest BCUT2D eigenvalue weighted by molar-refractivity contribution is 14.1. The molecule has 2 rings (SSSR count). The van der Waals surface area contributed by atoms with E-state index in [1.165, 1.54) is 6.20 Å². The largest absolute Gasteiger partial charge is 0.437 e.